The summed E-state index contributed by atoms with van der Waals surface area (Å²) in [5.41, 5.74) is 0. The summed E-state index contributed by atoms with van der Waals surface area (Å²) in [5, 5.41) is 0. The molecule has 2 atom stereocenters. The Kier molecular flexibility index (Phi) is 17.1. The third kappa shape index (κ3) is 16.8. The summed E-state index contributed by atoms with van der Waals surface area (Å²) < 4.78 is 4.64. The number of alkyl halides is 2. The predicted octanol–water partition coefficient (Wildman–Crippen LogP) is 6.94. The fraction of sp³-hybridized carbons (Fsp3) is 0.842. The second-order valence-electron chi connectivity index (χ2n) is 6.15. The lowest BCUT2D eigenvalue weighted by Crippen LogP contribution is -1.99. The molecule has 136 valence electrons. The van der Waals surface area contributed by atoms with Crippen LogP contribution in [0.15, 0.2) is 12.2 Å². The second-order valence-corrected chi connectivity index (χ2v) is 8.50. The minimum atomic E-state index is -0.0932. The van der Waals surface area contributed by atoms with Crippen LogP contribution in [0.3, 0.4) is 0 Å². The minimum Gasteiger partial charge on any atom is -0.469 e. The van der Waals surface area contributed by atoms with Gasteiger partial charge in [0.15, 0.2) is 0 Å². The zero-order valence-electron chi connectivity index (χ0n) is 14.9. The Labute approximate surface area is 160 Å². The van der Waals surface area contributed by atoms with Crippen molar-refractivity contribution in [2.75, 3.05) is 7.11 Å². The molecule has 0 heterocycles. The van der Waals surface area contributed by atoms with Crippen LogP contribution in [0.2, 0.25) is 0 Å². The standard InChI is InChI=1S/C19H34Br2O2/c1-3-4-5-6-9-12-17(20)15-16-18(21)13-10-7-8-11-14-19(22)23-2/h15-18H,3-14H2,1-2H3. The fourth-order valence-corrected chi connectivity index (χ4v) is 3.44. The quantitative estimate of drug-likeness (QED) is 0.116. The maximum atomic E-state index is 11.0. The van der Waals surface area contributed by atoms with Gasteiger partial charge in [-0.15, -0.1) is 0 Å². The van der Waals surface area contributed by atoms with Crippen LogP contribution < -0.4 is 0 Å². The first-order chi connectivity index (χ1) is 11.1. The van der Waals surface area contributed by atoms with Gasteiger partial charge in [-0.25, -0.2) is 0 Å². The van der Waals surface area contributed by atoms with E-state index < -0.39 is 0 Å². The van der Waals surface area contributed by atoms with Gasteiger partial charge < -0.3 is 4.74 Å². The van der Waals surface area contributed by atoms with Crippen molar-refractivity contribution in [3.8, 4) is 0 Å². The van der Waals surface area contributed by atoms with E-state index in [1.807, 2.05) is 0 Å². The molecule has 0 aliphatic rings. The van der Waals surface area contributed by atoms with Crippen LogP contribution >= 0.6 is 31.9 Å². The average Bonchev–Trinajstić information content (AvgIpc) is 2.55. The van der Waals surface area contributed by atoms with E-state index in [-0.39, 0.29) is 5.97 Å². The second kappa shape index (κ2) is 17.0. The SMILES string of the molecule is CCCCCCCC(Br)C=CC(Br)CCCCCCC(=O)OC. The summed E-state index contributed by atoms with van der Waals surface area (Å²) in [4.78, 5) is 12.0. The van der Waals surface area contributed by atoms with E-state index in [1.165, 1.54) is 58.5 Å². The van der Waals surface area contributed by atoms with Crippen molar-refractivity contribution in [1.82, 2.24) is 0 Å². The van der Waals surface area contributed by atoms with Crippen molar-refractivity contribution in [3.05, 3.63) is 12.2 Å². The molecule has 2 unspecified atom stereocenters. The lowest BCUT2D eigenvalue weighted by molar-refractivity contribution is -0.140. The molecule has 0 rings (SSSR count). The monoisotopic (exact) mass is 452 g/mol. The van der Waals surface area contributed by atoms with E-state index in [0.29, 0.717) is 16.1 Å². The van der Waals surface area contributed by atoms with Gasteiger partial charge in [-0.1, -0.05) is 102 Å². The number of carbonyl (C=O) groups excluding carboxylic acids is 1. The van der Waals surface area contributed by atoms with Crippen molar-refractivity contribution < 1.29 is 9.53 Å². The van der Waals surface area contributed by atoms with Crippen LogP contribution in [-0.4, -0.2) is 22.7 Å². The molecule has 0 radical (unpaired) electrons. The molecule has 23 heavy (non-hydrogen) atoms. The Bertz CT molecular complexity index is 306. The first-order valence-electron chi connectivity index (χ1n) is 9.13. The smallest absolute Gasteiger partial charge is 0.305 e. The molecule has 0 saturated heterocycles. The highest BCUT2D eigenvalue weighted by Crippen LogP contribution is 2.18. The van der Waals surface area contributed by atoms with E-state index >= 15 is 0 Å². The maximum absolute atomic E-state index is 11.0. The van der Waals surface area contributed by atoms with Crippen molar-refractivity contribution in [2.24, 2.45) is 0 Å². The number of rotatable bonds is 15. The molecule has 0 aromatic heterocycles. The van der Waals surface area contributed by atoms with Gasteiger partial charge in [0.25, 0.3) is 0 Å². The molecular weight excluding hydrogens is 420 g/mol. The average molecular weight is 454 g/mol. The number of allylic oxidation sites excluding steroid dienone is 2. The third-order valence-electron chi connectivity index (χ3n) is 3.95. The van der Waals surface area contributed by atoms with Crippen molar-refractivity contribution in [3.63, 3.8) is 0 Å². The number of hydrogen-bond donors (Lipinski definition) is 0. The molecule has 0 aliphatic carbocycles. The first-order valence-corrected chi connectivity index (χ1v) is 11.0. The molecule has 0 aromatic rings. The van der Waals surface area contributed by atoms with Crippen molar-refractivity contribution in [1.29, 1.82) is 0 Å². The van der Waals surface area contributed by atoms with E-state index in [2.05, 4.69) is 55.7 Å². The summed E-state index contributed by atoms with van der Waals surface area (Å²) in [7, 11) is 1.45. The fourth-order valence-electron chi connectivity index (χ4n) is 2.44. The largest absolute Gasteiger partial charge is 0.469 e. The molecule has 0 saturated carbocycles. The summed E-state index contributed by atoms with van der Waals surface area (Å²) >= 11 is 7.48. The lowest BCUT2D eigenvalue weighted by Gasteiger charge is -2.07. The lowest BCUT2D eigenvalue weighted by atomic mass is 10.1. The number of methoxy groups -OCH3 is 1. The number of halogens is 2. The molecule has 0 N–H and O–H groups in total. The van der Waals surface area contributed by atoms with Crippen molar-refractivity contribution >= 4 is 37.8 Å². The molecule has 0 aromatic carbocycles. The van der Waals surface area contributed by atoms with E-state index in [1.54, 1.807) is 0 Å². The van der Waals surface area contributed by atoms with Crippen LogP contribution in [0.4, 0.5) is 0 Å². The number of hydrogen-bond acceptors (Lipinski definition) is 2. The van der Waals surface area contributed by atoms with Gasteiger partial charge >= 0.3 is 5.97 Å². The van der Waals surface area contributed by atoms with Crippen LogP contribution in [0.5, 0.6) is 0 Å². The topological polar surface area (TPSA) is 26.3 Å². The Hall–Kier alpha value is 0.170. The zero-order chi connectivity index (χ0) is 17.3. The third-order valence-corrected chi connectivity index (χ3v) is 5.48. The molecule has 2 nitrogen and oxygen atoms in total. The van der Waals surface area contributed by atoms with Gasteiger partial charge in [-0.05, 0) is 19.3 Å². The van der Waals surface area contributed by atoms with Crippen molar-refractivity contribution in [2.45, 2.75) is 93.6 Å². The Morgan fingerprint density at radius 3 is 1.83 bits per heavy atom. The van der Waals surface area contributed by atoms with Gasteiger partial charge in [0, 0.05) is 16.1 Å². The zero-order valence-corrected chi connectivity index (χ0v) is 18.0. The van der Waals surface area contributed by atoms with Gasteiger partial charge in [-0.2, -0.15) is 0 Å². The normalized spacial score (nSPS) is 14.1. The van der Waals surface area contributed by atoms with Gasteiger partial charge in [-0.3, -0.25) is 4.79 Å². The van der Waals surface area contributed by atoms with Crippen LogP contribution in [-0.2, 0) is 9.53 Å². The summed E-state index contributed by atoms with van der Waals surface area (Å²) in [6.07, 6.45) is 18.7. The Morgan fingerprint density at radius 2 is 1.35 bits per heavy atom. The summed E-state index contributed by atoms with van der Waals surface area (Å²) in [5.74, 6) is -0.0932. The molecule has 4 heteroatoms. The first kappa shape index (κ1) is 23.2. The van der Waals surface area contributed by atoms with Gasteiger partial charge in [0.1, 0.15) is 0 Å². The number of ether oxygens (including phenoxy) is 1. The van der Waals surface area contributed by atoms with Gasteiger partial charge in [0.05, 0.1) is 7.11 Å². The van der Waals surface area contributed by atoms with E-state index in [9.17, 15) is 4.79 Å². The van der Waals surface area contributed by atoms with E-state index in [0.717, 1.165) is 19.3 Å². The van der Waals surface area contributed by atoms with Gasteiger partial charge in [0.2, 0.25) is 0 Å². The Morgan fingerprint density at radius 1 is 0.870 bits per heavy atom. The molecule has 0 bridgehead atoms. The summed E-state index contributed by atoms with van der Waals surface area (Å²) in [6, 6.07) is 0. The Balaban J connectivity index is 3.52. The summed E-state index contributed by atoms with van der Waals surface area (Å²) in [6.45, 7) is 2.26. The molecule has 0 spiro atoms. The van der Waals surface area contributed by atoms with Crippen LogP contribution in [0.25, 0.3) is 0 Å². The van der Waals surface area contributed by atoms with E-state index in [4.69, 9.17) is 0 Å². The number of carbonyl (C=O) groups is 1. The molecule has 0 fully saturated rings. The predicted molar refractivity (Wildman–Crippen MR) is 108 cm³/mol. The highest BCUT2D eigenvalue weighted by molar-refractivity contribution is 9.10. The molecule has 0 aliphatic heterocycles. The van der Waals surface area contributed by atoms with Crippen LogP contribution in [0.1, 0.15) is 84.0 Å². The number of unbranched alkanes of at least 4 members (excludes halogenated alkanes) is 7. The van der Waals surface area contributed by atoms with Crippen LogP contribution in [0, 0.1) is 0 Å². The molecular formula is C19H34Br2O2. The minimum absolute atomic E-state index is 0.0932. The highest BCUT2D eigenvalue weighted by Gasteiger charge is 2.04. The highest BCUT2D eigenvalue weighted by atomic mass is 79.9. The molecule has 0 amide bonds. The number of esters is 1. The maximum Gasteiger partial charge on any atom is 0.305 e.